The molecule has 0 atom stereocenters. The number of nitrogens with zero attached hydrogens (tertiary/aromatic N) is 2. The Kier molecular flexibility index (Phi) is 4.51. The Bertz CT molecular complexity index is 134. The lowest BCUT2D eigenvalue weighted by molar-refractivity contribution is 0.390. The number of nitriles is 1. The van der Waals surface area contributed by atoms with Crippen molar-refractivity contribution in [1.82, 2.24) is 0 Å². The van der Waals surface area contributed by atoms with E-state index in [1.165, 1.54) is 7.11 Å². The summed E-state index contributed by atoms with van der Waals surface area (Å²) in [4.78, 5) is 3.43. The van der Waals surface area contributed by atoms with E-state index in [9.17, 15) is 0 Å². The normalized spacial score (nSPS) is 10.6. The van der Waals surface area contributed by atoms with Gasteiger partial charge >= 0.3 is 0 Å². The lowest BCUT2D eigenvalue weighted by Crippen LogP contribution is -1.98. The van der Waals surface area contributed by atoms with Crippen LogP contribution in [-0.2, 0) is 4.74 Å². The summed E-state index contributed by atoms with van der Waals surface area (Å²) in [7, 11) is 1.52. The van der Waals surface area contributed by atoms with E-state index in [1.807, 2.05) is 6.92 Å². The molecule has 0 rings (SSSR count). The van der Waals surface area contributed by atoms with Crippen molar-refractivity contribution < 1.29 is 4.74 Å². The first-order chi connectivity index (χ1) is 4.35. The Labute approximate surface area is 55.0 Å². The predicted molar refractivity (Wildman–Crippen MR) is 35.0 cm³/mol. The molecule has 50 valence electrons. The first-order valence-electron chi connectivity index (χ1n) is 2.84. The maximum atomic E-state index is 8.08. The van der Waals surface area contributed by atoms with Crippen LogP contribution in [0.1, 0.15) is 19.8 Å². The zero-order valence-corrected chi connectivity index (χ0v) is 5.72. The van der Waals surface area contributed by atoms with Crippen LogP contribution in [0.5, 0.6) is 0 Å². The van der Waals surface area contributed by atoms with Crippen molar-refractivity contribution in [2.75, 3.05) is 7.11 Å². The molecule has 0 aliphatic carbocycles. The molecule has 3 nitrogen and oxygen atoms in total. The fraction of sp³-hybridized carbons (Fsp3) is 0.667. The van der Waals surface area contributed by atoms with Crippen molar-refractivity contribution >= 4 is 5.90 Å². The van der Waals surface area contributed by atoms with Gasteiger partial charge in [-0.15, -0.1) is 4.99 Å². The van der Waals surface area contributed by atoms with Crippen LogP contribution >= 0.6 is 0 Å². The van der Waals surface area contributed by atoms with Crippen molar-refractivity contribution in [3.05, 3.63) is 0 Å². The molecule has 0 radical (unpaired) electrons. The second-order valence-corrected chi connectivity index (χ2v) is 1.56. The van der Waals surface area contributed by atoms with Crippen molar-refractivity contribution in [2.45, 2.75) is 19.8 Å². The average Bonchev–Trinajstić information content (AvgIpc) is 1.88. The molecular weight excluding hydrogens is 116 g/mol. The van der Waals surface area contributed by atoms with Crippen LogP contribution in [0.4, 0.5) is 0 Å². The maximum Gasteiger partial charge on any atom is 0.208 e. The largest absolute Gasteiger partial charge is 0.484 e. The molecule has 0 amide bonds. The molecule has 0 aliphatic rings. The first kappa shape index (κ1) is 7.96. The average molecular weight is 126 g/mol. The summed E-state index contributed by atoms with van der Waals surface area (Å²) in [6.07, 6.45) is 3.36. The molecule has 0 fully saturated rings. The standard InChI is InChI=1S/C6H10N2O/c1-3-4-6(9-2)8-5-7/h3-4H2,1-2H3/b8-6-. The molecule has 0 aromatic heterocycles. The fourth-order valence-corrected chi connectivity index (χ4v) is 0.473. The second-order valence-electron chi connectivity index (χ2n) is 1.56. The van der Waals surface area contributed by atoms with E-state index in [0.717, 1.165) is 12.8 Å². The summed E-state index contributed by atoms with van der Waals surface area (Å²) < 4.78 is 4.76. The highest BCUT2D eigenvalue weighted by Crippen LogP contribution is 1.91. The number of methoxy groups -OCH3 is 1. The van der Waals surface area contributed by atoms with Gasteiger partial charge in [-0.25, -0.2) is 0 Å². The van der Waals surface area contributed by atoms with Gasteiger partial charge in [0.05, 0.1) is 7.11 Å². The minimum absolute atomic E-state index is 0.514. The summed E-state index contributed by atoms with van der Waals surface area (Å²) in [5.41, 5.74) is 0. The van der Waals surface area contributed by atoms with Crippen LogP contribution in [0.2, 0.25) is 0 Å². The maximum absolute atomic E-state index is 8.08. The van der Waals surface area contributed by atoms with Crippen LogP contribution in [0.25, 0.3) is 0 Å². The minimum atomic E-state index is 0.514. The van der Waals surface area contributed by atoms with Gasteiger partial charge in [0.25, 0.3) is 0 Å². The lowest BCUT2D eigenvalue weighted by atomic mass is 10.3. The van der Waals surface area contributed by atoms with Gasteiger partial charge < -0.3 is 4.74 Å². The minimum Gasteiger partial charge on any atom is -0.484 e. The van der Waals surface area contributed by atoms with E-state index in [1.54, 1.807) is 6.19 Å². The molecular formula is C6H10N2O. The quantitative estimate of drug-likeness (QED) is 0.318. The topological polar surface area (TPSA) is 45.4 Å². The van der Waals surface area contributed by atoms with Crippen molar-refractivity contribution in [3.8, 4) is 6.19 Å². The van der Waals surface area contributed by atoms with E-state index in [4.69, 9.17) is 10.00 Å². The van der Waals surface area contributed by atoms with Crippen molar-refractivity contribution in [1.29, 1.82) is 5.26 Å². The van der Waals surface area contributed by atoms with Crippen molar-refractivity contribution in [3.63, 3.8) is 0 Å². The SMILES string of the molecule is CCC/C(=N/C#N)OC. The molecule has 0 bridgehead atoms. The van der Waals surface area contributed by atoms with Crippen molar-refractivity contribution in [2.24, 2.45) is 4.99 Å². The Hall–Kier alpha value is -1.04. The highest BCUT2D eigenvalue weighted by Gasteiger charge is 1.92. The van der Waals surface area contributed by atoms with Gasteiger partial charge in [-0.3, -0.25) is 0 Å². The van der Waals surface area contributed by atoms with E-state index < -0.39 is 0 Å². The monoisotopic (exact) mass is 126 g/mol. The molecule has 9 heavy (non-hydrogen) atoms. The van der Waals surface area contributed by atoms with Crippen LogP contribution in [0.15, 0.2) is 4.99 Å². The number of hydrogen-bond donors (Lipinski definition) is 0. The molecule has 3 heteroatoms. The summed E-state index contributed by atoms with van der Waals surface area (Å²) in [5, 5.41) is 8.08. The van der Waals surface area contributed by atoms with Gasteiger partial charge in [0, 0.05) is 6.42 Å². The van der Waals surface area contributed by atoms with E-state index in [2.05, 4.69) is 4.99 Å². The Morgan fingerprint density at radius 2 is 2.44 bits per heavy atom. The zero-order valence-electron chi connectivity index (χ0n) is 5.72. The summed E-state index contributed by atoms with van der Waals surface area (Å²) in [6.45, 7) is 2.01. The number of rotatable bonds is 2. The molecule has 0 unspecified atom stereocenters. The Morgan fingerprint density at radius 3 is 2.78 bits per heavy atom. The molecule has 0 saturated heterocycles. The third kappa shape index (κ3) is 3.53. The first-order valence-corrected chi connectivity index (χ1v) is 2.84. The van der Waals surface area contributed by atoms with Gasteiger partial charge in [-0.1, -0.05) is 6.92 Å². The van der Waals surface area contributed by atoms with Gasteiger partial charge in [0.15, 0.2) is 5.90 Å². The van der Waals surface area contributed by atoms with E-state index in [-0.39, 0.29) is 0 Å². The second kappa shape index (κ2) is 5.10. The van der Waals surface area contributed by atoms with Crippen LogP contribution < -0.4 is 0 Å². The van der Waals surface area contributed by atoms with Crippen LogP contribution in [0.3, 0.4) is 0 Å². The van der Waals surface area contributed by atoms with Gasteiger partial charge in [0.2, 0.25) is 6.19 Å². The molecule has 0 saturated carbocycles. The number of ether oxygens (including phenoxy) is 1. The van der Waals surface area contributed by atoms with Crippen LogP contribution in [0, 0.1) is 11.5 Å². The zero-order chi connectivity index (χ0) is 7.11. The Morgan fingerprint density at radius 1 is 1.78 bits per heavy atom. The highest BCUT2D eigenvalue weighted by atomic mass is 16.5. The van der Waals surface area contributed by atoms with Gasteiger partial charge in [0.1, 0.15) is 0 Å². The molecule has 0 heterocycles. The smallest absolute Gasteiger partial charge is 0.208 e. The number of aliphatic imine (C=N–C) groups is 1. The third-order valence-corrected chi connectivity index (χ3v) is 0.874. The molecule has 0 N–H and O–H groups in total. The predicted octanol–water partition coefficient (Wildman–Crippen LogP) is 1.31. The van der Waals surface area contributed by atoms with Crippen LogP contribution in [-0.4, -0.2) is 13.0 Å². The number of hydrogen-bond acceptors (Lipinski definition) is 3. The molecule has 0 aliphatic heterocycles. The fourth-order valence-electron chi connectivity index (χ4n) is 0.473. The van der Waals surface area contributed by atoms with Gasteiger partial charge in [-0.2, -0.15) is 5.26 Å². The van der Waals surface area contributed by atoms with E-state index in [0.29, 0.717) is 5.90 Å². The third-order valence-electron chi connectivity index (χ3n) is 0.874. The Balaban J connectivity index is 3.70. The molecule has 0 aromatic rings. The molecule has 0 aromatic carbocycles. The lowest BCUT2D eigenvalue weighted by Gasteiger charge is -1.97. The summed E-state index contributed by atoms with van der Waals surface area (Å²) in [6, 6.07) is 0. The summed E-state index contributed by atoms with van der Waals surface area (Å²) in [5.74, 6) is 0.514. The highest BCUT2D eigenvalue weighted by molar-refractivity contribution is 5.76. The van der Waals surface area contributed by atoms with E-state index >= 15 is 0 Å². The summed E-state index contributed by atoms with van der Waals surface area (Å²) >= 11 is 0. The molecule has 0 spiro atoms. The van der Waals surface area contributed by atoms with Gasteiger partial charge in [-0.05, 0) is 6.42 Å².